The van der Waals surface area contributed by atoms with Crippen molar-refractivity contribution in [2.24, 2.45) is 0 Å². The van der Waals surface area contributed by atoms with Crippen LogP contribution in [0.25, 0.3) is 10.2 Å². The molecule has 0 saturated heterocycles. The van der Waals surface area contributed by atoms with Crippen LogP contribution in [0.1, 0.15) is 25.8 Å². The zero-order chi connectivity index (χ0) is 13.3. The molecule has 0 fully saturated rings. The third-order valence-electron chi connectivity index (χ3n) is 2.47. The number of aromatic nitrogens is 1. The Morgan fingerprint density at radius 3 is 2.67 bits per heavy atom. The van der Waals surface area contributed by atoms with E-state index < -0.39 is 0 Å². The van der Waals surface area contributed by atoms with Crippen LogP contribution in [0.15, 0.2) is 17.0 Å². The summed E-state index contributed by atoms with van der Waals surface area (Å²) in [4.78, 5) is 5.48. The second-order valence-electron chi connectivity index (χ2n) is 4.93. The summed E-state index contributed by atoms with van der Waals surface area (Å²) in [5.41, 5.74) is 0.975. The van der Waals surface area contributed by atoms with Crippen LogP contribution in [0.5, 0.6) is 5.75 Å². The molecule has 0 bridgehead atoms. The highest BCUT2D eigenvalue weighted by Crippen LogP contribution is 2.37. The van der Waals surface area contributed by atoms with Gasteiger partial charge in [-0.2, -0.15) is 5.26 Å². The number of hydrogen-bond acceptors (Lipinski definition) is 5. The van der Waals surface area contributed by atoms with Crippen LogP contribution in [0.3, 0.4) is 0 Å². The summed E-state index contributed by atoms with van der Waals surface area (Å²) in [7, 11) is 1.61. The molecule has 0 spiro atoms. The average Bonchev–Trinajstić information content (AvgIpc) is 2.70. The molecule has 0 aliphatic heterocycles. The lowest BCUT2D eigenvalue weighted by molar-refractivity contribution is 0.405. The van der Waals surface area contributed by atoms with Crippen molar-refractivity contribution in [2.45, 2.75) is 31.1 Å². The van der Waals surface area contributed by atoms with Crippen LogP contribution < -0.4 is 4.74 Å². The molecule has 18 heavy (non-hydrogen) atoms. The van der Waals surface area contributed by atoms with E-state index in [1.807, 2.05) is 12.1 Å². The van der Waals surface area contributed by atoms with Gasteiger partial charge in [0.1, 0.15) is 11.2 Å². The van der Waals surface area contributed by atoms with Gasteiger partial charge in [-0.05, 0) is 17.8 Å². The Kier molecular flexibility index (Phi) is 3.51. The zero-order valence-corrected chi connectivity index (χ0v) is 12.4. The Morgan fingerprint density at radius 1 is 1.39 bits per heavy atom. The fourth-order valence-corrected chi connectivity index (χ4v) is 3.18. The molecule has 0 saturated carbocycles. The minimum Gasteiger partial charge on any atom is -0.495 e. The van der Waals surface area contributed by atoms with Crippen LogP contribution in [0.2, 0.25) is 0 Å². The lowest BCUT2D eigenvalue weighted by Crippen LogP contribution is -2.09. The highest BCUT2D eigenvalue weighted by molar-refractivity contribution is 8.03. The fraction of sp³-hybridized carbons (Fsp3) is 0.385. The van der Waals surface area contributed by atoms with Gasteiger partial charge in [0.15, 0.2) is 0 Å². The van der Waals surface area contributed by atoms with Gasteiger partial charge >= 0.3 is 0 Å². The highest BCUT2D eigenvalue weighted by Gasteiger charge is 2.19. The third-order valence-corrected chi connectivity index (χ3v) is 4.55. The number of nitriles is 1. The summed E-state index contributed by atoms with van der Waals surface area (Å²) in [5, 5.41) is 12.0. The van der Waals surface area contributed by atoms with Crippen molar-refractivity contribution < 1.29 is 4.74 Å². The Labute approximate surface area is 115 Å². The first kappa shape index (κ1) is 13.2. The van der Waals surface area contributed by atoms with Gasteiger partial charge < -0.3 is 4.74 Å². The summed E-state index contributed by atoms with van der Waals surface area (Å²) in [6, 6.07) is 3.88. The van der Waals surface area contributed by atoms with Gasteiger partial charge in [0.05, 0.1) is 27.2 Å². The summed E-state index contributed by atoms with van der Waals surface area (Å²) in [5.74, 6) is 0.708. The van der Waals surface area contributed by atoms with E-state index in [0.29, 0.717) is 5.75 Å². The summed E-state index contributed by atoms with van der Waals surface area (Å²) in [6.45, 7) is 6.44. The van der Waals surface area contributed by atoms with E-state index in [2.05, 4.69) is 31.2 Å². The number of nitrogens with zero attached hydrogens (tertiary/aromatic N) is 2. The molecular weight excluding hydrogens is 264 g/mol. The first-order valence-electron chi connectivity index (χ1n) is 5.50. The Hall–Kier alpha value is -1.25. The summed E-state index contributed by atoms with van der Waals surface area (Å²) >= 11 is 2.79. The third kappa shape index (κ3) is 2.45. The number of methoxy groups -OCH3 is 1. The predicted molar refractivity (Wildman–Crippen MR) is 76.3 cm³/mol. The van der Waals surface area contributed by atoms with E-state index in [1.54, 1.807) is 18.4 Å². The van der Waals surface area contributed by atoms with Crippen LogP contribution >= 0.6 is 23.1 Å². The van der Waals surface area contributed by atoms with Gasteiger partial charge in [0.25, 0.3) is 0 Å². The molecule has 94 valence electrons. The molecule has 0 aliphatic carbocycles. The van der Waals surface area contributed by atoms with Crippen LogP contribution in [0.4, 0.5) is 0 Å². The van der Waals surface area contributed by atoms with Crippen molar-refractivity contribution in [2.75, 3.05) is 7.11 Å². The molecule has 1 heterocycles. The first-order chi connectivity index (χ1) is 8.45. The Balaban J connectivity index is 2.60. The van der Waals surface area contributed by atoms with Gasteiger partial charge in [-0.3, -0.25) is 0 Å². The van der Waals surface area contributed by atoms with Crippen molar-refractivity contribution in [1.82, 2.24) is 4.98 Å². The molecule has 0 radical (unpaired) electrons. The minimum absolute atomic E-state index is 0.0411. The number of thioether (sulfide) groups is 1. The van der Waals surface area contributed by atoms with Crippen LogP contribution in [-0.4, -0.2) is 12.1 Å². The molecule has 0 atom stereocenters. The average molecular weight is 278 g/mol. The van der Waals surface area contributed by atoms with E-state index in [9.17, 15) is 0 Å². The molecule has 2 rings (SSSR count). The van der Waals surface area contributed by atoms with Gasteiger partial charge in [0.2, 0.25) is 0 Å². The van der Waals surface area contributed by atoms with Crippen molar-refractivity contribution in [3.05, 3.63) is 17.1 Å². The first-order valence-corrected chi connectivity index (χ1v) is 7.14. The maximum Gasteiger partial charge on any atom is 0.138 e. The van der Waals surface area contributed by atoms with Gasteiger partial charge in [-0.15, -0.1) is 11.3 Å². The van der Waals surface area contributed by atoms with E-state index in [-0.39, 0.29) is 5.41 Å². The van der Waals surface area contributed by atoms with Crippen molar-refractivity contribution in [3.63, 3.8) is 0 Å². The minimum atomic E-state index is 0.0411. The Morgan fingerprint density at radius 2 is 2.11 bits per heavy atom. The molecule has 1 aromatic carbocycles. The van der Waals surface area contributed by atoms with Crippen LogP contribution in [0, 0.1) is 10.7 Å². The van der Waals surface area contributed by atoms with Gasteiger partial charge in [-0.1, -0.05) is 20.8 Å². The van der Waals surface area contributed by atoms with Crippen LogP contribution in [-0.2, 0) is 5.41 Å². The molecular formula is C13H14N2OS2. The largest absolute Gasteiger partial charge is 0.495 e. The number of ether oxygens (including phenoxy) is 1. The molecule has 0 N–H and O–H groups in total. The van der Waals surface area contributed by atoms with E-state index >= 15 is 0 Å². The number of hydrogen-bond donors (Lipinski definition) is 0. The highest BCUT2D eigenvalue weighted by atomic mass is 32.2. The number of benzene rings is 1. The predicted octanol–water partition coefficient (Wildman–Crippen LogP) is 4.18. The molecule has 5 heteroatoms. The smallest absolute Gasteiger partial charge is 0.138 e. The monoisotopic (exact) mass is 278 g/mol. The Bertz CT molecular complexity index is 620. The molecule has 3 nitrogen and oxygen atoms in total. The molecule has 1 aromatic heterocycles. The summed E-state index contributed by atoms with van der Waals surface area (Å²) in [6.07, 6.45) is 0. The number of fused-ring (bicyclic) bond motifs is 1. The molecule has 0 unspecified atom stereocenters. The lowest BCUT2D eigenvalue weighted by atomic mass is 9.98. The maximum absolute atomic E-state index is 8.79. The van der Waals surface area contributed by atoms with Gasteiger partial charge in [-0.25, -0.2) is 4.98 Å². The van der Waals surface area contributed by atoms with Crippen molar-refractivity contribution in [1.29, 1.82) is 5.26 Å². The zero-order valence-electron chi connectivity index (χ0n) is 10.8. The fourth-order valence-electron chi connectivity index (χ4n) is 1.55. The topological polar surface area (TPSA) is 45.9 Å². The quantitative estimate of drug-likeness (QED) is 0.611. The molecule has 0 aliphatic rings. The standard InChI is InChI=1S/C13H14N2OS2/c1-13(2,3)12-15-8-5-9(16-4)11(17-7-14)6-10(8)18-12/h5-6H,1-4H3. The summed E-state index contributed by atoms with van der Waals surface area (Å²) < 4.78 is 6.39. The molecule has 0 amide bonds. The maximum atomic E-state index is 8.79. The van der Waals surface area contributed by atoms with Gasteiger partial charge in [0, 0.05) is 11.5 Å². The number of thiocyanates is 1. The van der Waals surface area contributed by atoms with Crippen molar-refractivity contribution in [3.8, 4) is 11.2 Å². The number of thiazole rings is 1. The second-order valence-corrected chi connectivity index (χ2v) is 6.79. The van der Waals surface area contributed by atoms with E-state index in [0.717, 1.165) is 31.9 Å². The normalized spacial score (nSPS) is 11.5. The van der Waals surface area contributed by atoms with E-state index in [1.165, 1.54) is 0 Å². The van der Waals surface area contributed by atoms with E-state index in [4.69, 9.17) is 10.00 Å². The lowest BCUT2D eigenvalue weighted by Gasteiger charge is -2.13. The number of rotatable bonds is 2. The second kappa shape index (κ2) is 4.79. The SMILES string of the molecule is COc1cc2nc(C(C)(C)C)sc2cc1SC#N. The molecule has 2 aromatic rings. The van der Waals surface area contributed by atoms with Crippen molar-refractivity contribution >= 4 is 33.3 Å².